The van der Waals surface area contributed by atoms with Gasteiger partial charge in [0.15, 0.2) is 0 Å². The van der Waals surface area contributed by atoms with Crippen LogP contribution in [0.1, 0.15) is 54.9 Å². The molecule has 0 spiro atoms. The fourth-order valence-corrected chi connectivity index (χ4v) is 3.12. The summed E-state index contributed by atoms with van der Waals surface area (Å²) >= 11 is 0. The van der Waals surface area contributed by atoms with Crippen LogP contribution in [-0.2, 0) is 9.47 Å². The summed E-state index contributed by atoms with van der Waals surface area (Å²) in [5.41, 5.74) is 0. The average molecular weight is 242 g/mol. The molecule has 0 aliphatic carbocycles. The summed E-state index contributed by atoms with van der Waals surface area (Å²) in [6.07, 6.45) is 2.39. The molecule has 0 aromatic rings. The van der Waals surface area contributed by atoms with E-state index in [1.54, 1.807) is 0 Å². The van der Waals surface area contributed by atoms with E-state index >= 15 is 0 Å². The Labute approximate surface area is 107 Å². The molecule has 1 saturated heterocycles. The smallest absolute Gasteiger partial charge is 0.0679 e. The van der Waals surface area contributed by atoms with Gasteiger partial charge in [0, 0.05) is 11.8 Å². The maximum Gasteiger partial charge on any atom is 0.0679 e. The number of ether oxygens (including phenoxy) is 2. The highest BCUT2D eigenvalue weighted by Crippen LogP contribution is 2.36. The third-order valence-electron chi connectivity index (χ3n) is 3.96. The van der Waals surface area contributed by atoms with Crippen LogP contribution in [0, 0.1) is 17.8 Å². The van der Waals surface area contributed by atoms with Crippen molar-refractivity contribution >= 4 is 0 Å². The summed E-state index contributed by atoms with van der Waals surface area (Å²) in [6.45, 7) is 15.5. The van der Waals surface area contributed by atoms with Gasteiger partial charge in [-0.1, -0.05) is 34.6 Å². The van der Waals surface area contributed by atoms with E-state index in [4.69, 9.17) is 9.47 Å². The first-order chi connectivity index (χ1) is 7.88. The Hall–Kier alpha value is -0.0800. The Kier molecular flexibility index (Phi) is 5.46. The first-order valence-electron chi connectivity index (χ1n) is 7.19. The van der Waals surface area contributed by atoms with E-state index < -0.39 is 0 Å². The first-order valence-corrected chi connectivity index (χ1v) is 7.19. The number of hydrogen-bond donors (Lipinski definition) is 0. The summed E-state index contributed by atoms with van der Waals surface area (Å²) in [7, 11) is 0. The molecule has 1 rings (SSSR count). The van der Waals surface area contributed by atoms with Crippen molar-refractivity contribution in [1.29, 1.82) is 0 Å². The Morgan fingerprint density at radius 1 is 1.06 bits per heavy atom. The summed E-state index contributed by atoms with van der Waals surface area (Å²) in [4.78, 5) is 0. The first kappa shape index (κ1) is 15.0. The molecule has 5 atom stereocenters. The molecule has 1 aliphatic rings. The summed E-state index contributed by atoms with van der Waals surface area (Å²) in [5, 5.41) is 0. The van der Waals surface area contributed by atoms with Crippen molar-refractivity contribution < 1.29 is 9.47 Å². The van der Waals surface area contributed by atoms with Gasteiger partial charge in [-0.25, -0.2) is 0 Å². The fourth-order valence-electron chi connectivity index (χ4n) is 3.12. The van der Waals surface area contributed by atoms with Gasteiger partial charge in [0.1, 0.15) is 0 Å². The molecule has 2 nitrogen and oxygen atoms in total. The van der Waals surface area contributed by atoms with Crippen LogP contribution in [0.25, 0.3) is 0 Å². The van der Waals surface area contributed by atoms with Gasteiger partial charge in [-0.05, 0) is 26.2 Å². The van der Waals surface area contributed by atoms with Crippen molar-refractivity contribution in [3.8, 4) is 0 Å². The molecule has 0 saturated carbocycles. The van der Waals surface area contributed by atoms with Gasteiger partial charge in [-0.15, -0.1) is 0 Å². The third-order valence-corrected chi connectivity index (χ3v) is 3.96. The molecule has 1 heterocycles. The molecule has 1 aliphatic heterocycles. The van der Waals surface area contributed by atoms with Gasteiger partial charge in [-0.2, -0.15) is 0 Å². The van der Waals surface area contributed by atoms with Gasteiger partial charge in [0.25, 0.3) is 0 Å². The molecule has 0 bridgehead atoms. The highest BCUT2D eigenvalue weighted by Gasteiger charge is 2.42. The minimum Gasteiger partial charge on any atom is -0.375 e. The molecule has 1 fully saturated rings. The topological polar surface area (TPSA) is 18.5 Å². The Balaban J connectivity index is 2.82. The van der Waals surface area contributed by atoms with Crippen molar-refractivity contribution in [3.63, 3.8) is 0 Å². The maximum atomic E-state index is 6.25. The second kappa shape index (κ2) is 6.19. The molecule has 0 aromatic heterocycles. The minimum atomic E-state index is 0.299. The molecule has 17 heavy (non-hydrogen) atoms. The zero-order chi connectivity index (χ0) is 13.2. The quantitative estimate of drug-likeness (QED) is 0.744. The van der Waals surface area contributed by atoms with Crippen molar-refractivity contribution in [2.45, 2.75) is 79.3 Å². The predicted octanol–water partition coefficient (Wildman–Crippen LogP) is 3.89. The van der Waals surface area contributed by atoms with Crippen LogP contribution in [0.5, 0.6) is 0 Å². The van der Waals surface area contributed by atoms with Crippen molar-refractivity contribution in [2.24, 2.45) is 17.8 Å². The summed E-state index contributed by atoms with van der Waals surface area (Å²) < 4.78 is 12.4. The van der Waals surface area contributed by atoms with E-state index in [0.717, 1.165) is 6.42 Å². The van der Waals surface area contributed by atoms with E-state index in [0.29, 0.717) is 42.2 Å². The lowest BCUT2D eigenvalue weighted by Gasteiger charge is -2.46. The summed E-state index contributed by atoms with van der Waals surface area (Å²) in [5.74, 6) is 1.53. The van der Waals surface area contributed by atoms with Crippen LogP contribution < -0.4 is 0 Å². The number of rotatable bonds is 4. The number of hydrogen-bond acceptors (Lipinski definition) is 2. The van der Waals surface area contributed by atoms with Gasteiger partial charge in [-0.3, -0.25) is 0 Å². The fraction of sp³-hybridized carbons (Fsp3) is 1.00. The van der Waals surface area contributed by atoms with E-state index in [2.05, 4.69) is 48.5 Å². The normalized spacial score (nSPS) is 39.0. The zero-order valence-corrected chi connectivity index (χ0v) is 12.6. The van der Waals surface area contributed by atoms with Crippen LogP contribution in [0.4, 0.5) is 0 Å². The minimum absolute atomic E-state index is 0.299. The molecule has 3 unspecified atom stereocenters. The summed E-state index contributed by atoms with van der Waals surface area (Å²) in [6, 6.07) is 0. The molecule has 0 aromatic carbocycles. The Morgan fingerprint density at radius 3 is 2.06 bits per heavy atom. The predicted molar refractivity (Wildman–Crippen MR) is 72.1 cm³/mol. The highest BCUT2D eigenvalue weighted by atomic mass is 16.5. The maximum absolute atomic E-state index is 6.25. The van der Waals surface area contributed by atoms with Gasteiger partial charge in [0.05, 0.1) is 24.4 Å². The molecule has 0 N–H and O–H groups in total. The van der Waals surface area contributed by atoms with Crippen LogP contribution >= 0.6 is 0 Å². The molecule has 2 heteroatoms. The second-order valence-corrected chi connectivity index (χ2v) is 6.16. The molecular weight excluding hydrogens is 212 g/mol. The van der Waals surface area contributed by atoms with Crippen molar-refractivity contribution in [3.05, 3.63) is 0 Å². The second-order valence-electron chi connectivity index (χ2n) is 6.16. The molecule has 0 radical (unpaired) electrons. The lowest BCUT2D eigenvalue weighted by atomic mass is 9.78. The third kappa shape index (κ3) is 3.45. The van der Waals surface area contributed by atoms with Crippen molar-refractivity contribution in [2.75, 3.05) is 0 Å². The highest BCUT2D eigenvalue weighted by molar-refractivity contribution is 4.90. The molecular formula is C15H30O2. The van der Waals surface area contributed by atoms with Crippen LogP contribution in [0.2, 0.25) is 0 Å². The monoisotopic (exact) mass is 242 g/mol. The Bertz CT molecular complexity index is 225. The molecule has 0 amide bonds. The van der Waals surface area contributed by atoms with Gasteiger partial charge in [0.2, 0.25) is 0 Å². The largest absolute Gasteiger partial charge is 0.375 e. The van der Waals surface area contributed by atoms with Gasteiger partial charge < -0.3 is 9.47 Å². The molecule has 102 valence electrons. The van der Waals surface area contributed by atoms with Crippen LogP contribution in [-0.4, -0.2) is 24.4 Å². The Morgan fingerprint density at radius 2 is 1.65 bits per heavy atom. The standard InChI is InChI=1S/C15H30O2/c1-8-13-11(6)15(16-10(4)5)12(7)14(17-13)9(2)3/h9-15H,8H2,1-7H3/t11-,12?,13?,14?,15-/m0/s1. The average Bonchev–Trinajstić information content (AvgIpc) is 2.23. The van der Waals surface area contributed by atoms with E-state index in [-0.39, 0.29) is 0 Å². The van der Waals surface area contributed by atoms with Crippen molar-refractivity contribution in [1.82, 2.24) is 0 Å². The van der Waals surface area contributed by atoms with Crippen LogP contribution in [0.15, 0.2) is 0 Å². The zero-order valence-electron chi connectivity index (χ0n) is 12.6. The SMILES string of the molecule is CCC1OC(C(C)C)C(C)[C@@H](OC(C)C)[C@H]1C. The van der Waals surface area contributed by atoms with Crippen LogP contribution in [0.3, 0.4) is 0 Å². The lowest BCUT2D eigenvalue weighted by Crippen LogP contribution is -2.52. The van der Waals surface area contributed by atoms with E-state index in [1.807, 2.05) is 0 Å². The van der Waals surface area contributed by atoms with E-state index in [9.17, 15) is 0 Å². The van der Waals surface area contributed by atoms with Gasteiger partial charge >= 0.3 is 0 Å². The van der Waals surface area contributed by atoms with E-state index in [1.165, 1.54) is 0 Å². The lowest BCUT2D eigenvalue weighted by molar-refractivity contribution is -0.201.